The molecule has 0 aliphatic heterocycles. The van der Waals surface area contributed by atoms with E-state index in [0.717, 1.165) is 0 Å². The van der Waals surface area contributed by atoms with Gasteiger partial charge in [-0.3, -0.25) is 9.59 Å². The maximum absolute atomic E-state index is 11.6. The molecule has 5 heteroatoms. The number of benzene rings is 1. The second kappa shape index (κ2) is 8.26. The van der Waals surface area contributed by atoms with Crippen LogP contribution in [0.4, 0.5) is 0 Å². The van der Waals surface area contributed by atoms with E-state index in [1.165, 1.54) is 5.56 Å². The van der Waals surface area contributed by atoms with Crippen LogP contribution >= 0.6 is 0 Å². The summed E-state index contributed by atoms with van der Waals surface area (Å²) in [5.41, 5.74) is 1.18. The molecule has 4 N–H and O–H groups in total. The third-order valence-electron chi connectivity index (χ3n) is 2.80. The number of carbonyl (C=O) groups excluding carboxylic acids is 2. The van der Waals surface area contributed by atoms with E-state index in [9.17, 15) is 9.59 Å². The minimum absolute atomic E-state index is 0.0419. The lowest BCUT2D eigenvalue weighted by Gasteiger charge is -2.11. The molecule has 104 valence electrons. The van der Waals surface area contributed by atoms with E-state index in [4.69, 9.17) is 0 Å². The first-order chi connectivity index (χ1) is 9.13. The lowest BCUT2D eigenvalue weighted by atomic mass is 10.1. The Hall–Kier alpha value is -1.88. The number of hydrogen-bond donors (Lipinski definition) is 3. The van der Waals surface area contributed by atoms with Crippen LogP contribution in [0.3, 0.4) is 0 Å². The second-order valence-electron chi connectivity index (χ2n) is 4.37. The molecule has 1 atom stereocenters. The van der Waals surface area contributed by atoms with Crippen LogP contribution in [0.25, 0.3) is 0 Å². The van der Waals surface area contributed by atoms with Crippen LogP contribution in [0.5, 0.6) is 0 Å². The van der Waals surface area contributed by atoms with Crippen molar-refractivity contribution in [1.29, 1.82) is 0 Å². The Kier molecular flexibility index (Phi) is 6.60. The molecule has 19 heavy (non-hydrogen) atoms. The first-order valence-electron chi connectivity index (χ1n) is 6.55. The molecular weight excluding hydrogens is 242 g/mol. The summed E-state index contributed by atoms with van der Waals surface area (Å²) in [4.78, 5) is 22.7. The third-order valence-corrected chi connectivity index (χ3v) is 2.80. The van der Waals surface area contributed by atoms with Crippen molar-refractivity contribution in [3.63, 3.8) is 0 Å². The average Bonchev–Trinajstić information content (AvgIpc) is 2.44. The van der Waals surface area contributed by atoms with E-state index < -0.39 is 0 Å². The average molecular weight is 264 g/mol. The molecule has 0 bridgehead atoms. The second-order valence-corrected chi connectivity index (χ2v) is 4.37. The molecule has 0 saturated heterocycles. The van der Waals surface area contributed by atoms with E-state index in [1.54, 1.807) is 0 Å². The highest BCUT2D eigenvalue weighted by molar-refractivity contribution is 5.84. The molecule has 0 aliphatic carbocycles. The number of likely N-dealkylation sites (N-methyl/N-ethyl adjacent to an activating group) is 1. The molecule has 2 amide bonds. The summed E-state index contributed by atoms with van der Waals surface area (Å²) in [7, 11) is 0. The normalized spacial score (nSPS) is 11.7. The van der Waals surface area contributed by atoms with Gasteiger partial charge in [-0.25, -0.2) is 0 Å². The molecule has 5 nitrogen and oxygen atoms in total. The van der Waals surface area contributed by atoms with Gasteiger partial charge in [0.1, 0.15) is 6.04 Å². The van der Waals surface area contributed by atoms with Gasteiger partial charge in [-0.05, 0) is 13.8 Å². The molecule has 1 rings (SSSR count). The van der Waals surface area contributed by atoms with Gasteiger partial charge in [0, 0.05) is 12.1 Å². The molecule has 0 fully saturated rings. The van der Waals surface area contributed by atoms with Crippen LogP contribution in [-0.4, -0.2) is 31.4 Å². The summed E-state index contributed by atoms with van der Waals surface area (Å²) in [5.74, 6) is -0.291. The lowest BCUT2D eigenvalue weighted by Crippen LogP contribution is -2.87. The van der Waals surface area contributed by atoms with E-state index in [1.807, 2.05) is 49.5 Å². The molecule has 0 spiro atoms. The van der Waals surface area contributed by atoms with Gasteiger partial charge in [0.05, 0.1) is 6.54 Å². The molecule has 1 aromatic rings. The van der Waals surface area contributed by atoms with E-state index in [-0.39, 0.29) is 24.4 Å². The molecule has 0 heterocycles. The van der Waals surface area contributed by atoms with E-state index >= 15 is 0 Å². The van der Waals surface area contributed by atoms with Gasteiger partial charge in [-0.15, -0.1) is 0 Å². The van der Waals surface area contributed by atoms with Crippen molar-refractivity contribution in [1.82, 2.24) is 10.6 Å². The van der Waals surface area contributed by atoms with Crippen molar-refractivity contribution in [2.75, 3.05) is 19.6 Å². The highest BCUT2D eigenvalue weighted by Crippen LogP contribution is 2.05. The van der Waals surface area contributed by atoms with Crippen LogP contribution in [0.1, 0.15) is 25.5 Å². The Morgan fingerprint density at radius 2 is 1.84 bits per heavy atom. The summed E-state index contributed by atoms with van der Waals surface area (Å²) in [6, 6.07) is 10.2. The predicted octanol–water partition coefficient (Wildman–Crippen LogP) is -0.437. The maximum atomic E-state index is 11.6. The fraction of sp³-hybridized carbons (Fsp3) is 0.429. The van der Waals surface area contributed by atoms with Gasteiger partial charge < -0.3 is 16.0 Å². The number of nitrogens with one attached hydrogen (secondary N) is 2. The van der Waals surface area contributed by atoms with Gasteiger partial charge >= 0.3 is 0 Å². The zero-order valence-electron chi connectivity index (χ0n) is 11.5. The van der Waals surface area contributed by atoms with Crippen LogP contribution in [0.2, 0.25) is 0 Å². The highest BCUT2D eigenvalue weighted by Gasteiger charge is 2.11. The third kappa shape index (κ3) is 6.01. The van der Waals surface area contributed by atoms with Crippen molar-refractivity contribution in [3.8, 4) is 0 Å². The minimum atomic E-state index is -0.160. The molecule has 0 aliphatic rings. The highest BCUT2D eigenvalue weighted by atomic mass is 16.2. The summed E-state index contributed by atoms with van der Waals surface area (Å²) < 4.78 is 0. The van der Waals surface area contributed by atoms with Gasteiger partial charge in [0.25, 0.3) is 5.91 Å². The topological polar surface area (TPSA) is 74.8 Å². The molecular formula is C14H22N3O2+. The monoisotopic (exact) mass is 264 g/mol. The number of nitrogens with two attached hydrogens (primary N) is 1. The minimum Gasteiger partial charge on any atom is -0.355 e. The summed E-state index contributed by atoms with van der Waals surface area (Å²) in [6.45, 7) is 4.82. The Morgan fingerprint density at radius 1 is 1.16 bits per heavy atom. The zero-order valence-corrected chi connectivity index (χ0v) is 11.5. The number of carbonyl (C=O) groups is 2. The van der Waals surface area contributed by atoms with Gasteiger partial charge in [-0.2, -0.15) is 0 Å². The van der Waals surface area contributed by atoms with Crippen LogP contribution in [0.15, 0.2) is 30.3 Å². The molecule has 0 aromatic heterocycles. The van der Waals surface area contributed by atoms with Gasteiger partial charge in [0.2, 0.25) is 5.91 Å². The molecule has 0 unspecified atom stereocenters. The Labute approximate surface area is 113 Å². The van der Waals surface area contributed by atoms with Gasteiger partial charge in [0.15, 0.2) is 6.54 Å². The summed E-state index contributed by atoms with van der Waals surface area (Å²) in [6.07, 6.45) is 0. The SMILES string of the molecule is CCNC(=O)CNC(=O)C[NH2+][C@@H](C)c1ccccc1. The van der Waals surface area contributed by atoms with Crippen LogP contribution in [-0.2, 0) is 9.59 Å². The van der Waals surface area contributed by atoms with Gasteiger partial charge in [-0.1, -0.05) is 30.3 Å². The van der Waals surface area contributed by atoms with Crippen molar-refractivity contribution in [2.45, 2.75) is 19.9 Å². The molecule has 0 radical (unpaired) electrons. The predicted molar refractivity (Wildman–Crippen MR) is 73.3 cm³/mol. The smallest absolute Gasteiger partial charge is 0.275 e. The fourth-order valence-corrected chi connectivity index (χ4v) is 1.69. The standard InChI is InChI=1S/C14H21N3O2/c1-3-15-13(18)10-17-14(19)9-16-11(2)12-7-5-4-6-8-12/h4-8,11,16H,3,9-10H2,1-2H3,(H,15,18)(H,17,19)/p+1/t11-/m0/s1. The van der Waals surface area contributed by atoms with Crippen molar-refractivity contribution >= 4 is 11.8 Å². The number of hydrogen-bond acceptors (Lipinski definition) is 2. The summed E-state index contributed by atoms with van der Waals surface area (Å²) >= 11 is 0. The number of quaternary nitrogens is 1. The Bertz CT molecular complexity index is 406. The lowest BCUT2D eigenvalue weighted by molar-refractivity contribution is -0.682. The van der Waals surface area contributed by atoms with Crippen LogP contribution in [0, 0.1) is 0 Å². The largest absolute Gasteiger partial charge is 0.355 e. The molecule has 1 aromatic carbocycles. The van der Waals surface area contributed by atoms with E-state index in [0.29, 0.717) is 13.1 Å². The van der Waals surface area contributed by atoms with Crippen molar-refractivity contribution in [3.05, 3.63) is 35.9 Å². The number of rotatable bonds is 7. The first-order valence-corrected chi connectivity index (χ1v) is 6.55. The summed E-state index contributed by atoms with van der Waals surface area (Å²) in [5, 5.41) is 7.17. The van der Waals surface area contributed by atoms with Crippen LogP contribution < -0.4 is 16.0 Å². The van der Waals surface area contributed by atoms with E-state index in [2.05, 4.69) is 10.6 Å². The Morgan fingerprint density at radius 3 is 2.47 bits per heavy atom. The quantitative estimate of drug-likeness (QED) is 0.625. The Balaban J connectivity index is 2.25. The number of amides is 2. The maximum Gasteiger partial charge on any atom is 0.275 e. The first kappa shape index (κ1) is 15.2. The van der Waals surface area contributed by atoms with Crippen molar-refractivity contribution in [2.24, 2.45) is 0 Å². The fourth-order valence-electron chi connectivity index (χ4n) is 1.69. The van der Waals surface area contributed by atoms with Crippen molar-refractivity contribution < 1.29 is 14.9 Å². The zero-order chi connectivity index (χ0) is 14.1. The molecule has 0 saturated carbocycles.